The predicted molar refractivity (Wildman–Crippen MR) is 267 cm³/mol. The predicted octanol–water partition coefficient (Wildman–Crippen LogP) is 3.87. The van der Waals surface area contributed by atoms with Gasteiger partial charge in [-0.2, -0.15) is 13.2 Å². The highest BCUT2D eigenvalue weighted by molar-refractivity contribution is 7.92. The highest BCUT2D eigenvalue weighted by Crippen LogP contribution is 2.41. The molecule has 0 radical (unpaired) electrons. The zero-order valence-corrected chi connectivity index (χ0v) is 46.5. The maximum Gasteiger partial charge on any atom is 0.501 e. The topological polar surface area (TPSA) is 254 Å². The molecule has 2 aromatic rings. The van der Waals surface area contributed by atoms with Crippen LogP contribution in [0.25, 0.3) is 0 Å². The van der Waals surface area contributed by atoms with Gasteiger partial charge in [0.05, 0.1) is 58.7 Å². The number of methoxy groups -OCH3 is 1. The molecule has 0 saturated carbocycles. The second-order valence-corrected chi connectivity index (χ2v) is 24.0. The van der Waals surface area contributed by atoms with Gasteiger partial charge in [-0.1, -0.05) is 26.0 Å². The number of aliphatic hydroxyl groups is 5. The van der Waals surface area contributed by atoms with E-state index in [1.165, 1.54) is 14.0 Å². The monoisotopic (exact) mass is 1100 g/mol. The molecule has 1 aromatic carbocycles. The second-order valence-electron chi connectivity index (χ2n) is 22.0. The van der Waals surface area contributed by atoms with E-state index >= 15 is 0 Å². The van der Waals surface area contributed by atoms with Crippen LogP contribution in [0.4, 0.5) is 13.2 Å². The molecular weight excluding hydrogens is 1010 g/mol. The SMILES string of the molecule is CC[C@H]1OC(=O)[C@H](C)[C@@H](O[C@H]2C[C@@](C)(OC)[C@@H](O)[C@H](C)O2)[C@H](C)[C@@H](O[C@@H]2O[C@H](C)C[C@H](N(C)CCc3cn(CCCOc4ccc(S(=O)(=O)C(F)(F)F)cc4)nn3)[C@H]2O)[C@](C)(O)C[C@@H](C)CN(C)[C@H](C)[C@@H](O)[C@]1(C)O. The third-order valence-electron chi connectivity index (χ3n) is 15.7. The first kappa shape index (κ1) is 62.7. The molecule has 3 fully saturated rings. The maximum absolute atomic E-state index is 14.5. The van der Waals surface area contributed by atoms with E-state index in [-0.39, 0.29) is 37.5 Å². The fraction of sp³-hybridized carbons (Fsp3) is 0.824. The molecule has 18 atom stereocenters. The van der Waals surface area contributed by atoms with Gasteiger partial charge in [0, 0.05) is 70.2 Å². The Morgan fingerprint density at radius 1 is 0.960 bits per heavy atom. The van der Waals surface area contributed by atoms with Gasteiger partial charge in [0.1, 0.15) is 35.8 Å². The Kier molecular flexibility index (Phi) is 21.2. The molecule has 0 amide bonds. The molecule has 3 aliphatic heterocycles. The minimum atomic E-state index is -5.47. The molecule has 3 saturated heterocycles. The first-order valence-corrected chi connectivity index (χ1v) is 27.5. The summed E-state index contributed by atoms with van der Waals surface area (Å²) in [5, 5.41) is 68.1. The molecule has 20 nitrogen and oxygen atoms in total. The van der Waals surface area contributed by atoms with Crippen LogP contribution in [-0.2, 0) is 56.0 Å². The highest BCUT2D eigenvalue weighted by Gasteiger charge is 2.53. The molecule has 0 unspecified atom stereocenters. The number of rotatable bonds is 16. The van der Waals surface area contributed by atoms with Crippen molar-refractivity contribution in [2.24, 2.45) is 17.8 Å². The number of esters is 1. The first-order chi connectivity index (χ1) is 34.8. The Bertz CT molecular complexity index is 2240. The molecule has 0 spiro atoms. The molecule has 5 rings (SSSR count). The minimum Gasteiger partial charge on any atom is -0.494 e. The van der Waals surface area contributed by atoms with E-state index in [2.05, 4.69) is 10.3 Å². The average molecular weight is 1100 g/mol. The summed E-state index contributed by atoms with van der Waals surface area (Å²) in [6.07, 6.45) is -6.99. The van der Waals surface area contributed by atoms with E-state index in [4.69, 9.17) is 33.2 Å². The summed E-state index contributed by atoms with van der Waals surface area (Å²) >= 11 is 0. The summed E-state index contributed by atoms with van der Waals surface area (Å²) in [6.45, 7) is 18.6. The normalized spacial score (nSPS) is 38.4. The van der Waals surface area contributed by atoms with Gasteiger partial charge >= 0.3 is 11.5 Å². The smallest absolute Gasteiger partial charge is 0.494 e. The van der Waals surface area contributed by atoms with E-state index in [9.17, 15) is 51.9 Å². The van der Waals surface area contributed by atoms with Crippen LogP contribution in [0.3, 0.4) is 0 Å². The molecule has 24 heteroatoms. The van der Waals surface area contributed by atoms with Crippen LogP contribution in [0.1, 0.15) is 107 Å². The number of alkyl halides is 3. The fourth-order valence-electron chi connectivity index (χ4n) is 10.9. The van der Waals surface area contributed by atoms with Crippen molar-refractivity contribution >= 4 is 15.8 Å². The van der Waals surface area contributed by atoms with E-state index in [0.29, 0.717) is 44.6 Å². The van der Waals surface area contributed by atoms with E-state index in [1.54, 1.807) is 59.3 Å². The number of hydrogen-bond acceptors (Lipinski definition) is 19. The van der Waals surface area contributed by atoms with Gasteiger partial charge in [0.15, 0.2) is 12.6 Å². The first-order valence-electron chi connectivity index (χ1n) is 26.0. The van der Waals surface area contributed by atoms with E-state index < -0.39 is 128 Å². The van der Waals surface area contributed by atoms with Crippen LogP contribution in [0.15, 0.2) is 35.4 Å². The molecule has 430 valence electrons. The number of likely N-dealkylation sites (N-methyl/N-ethyl adjacent to an activating group) is 2. The molecule has 0 bridgehead atoms. The largest absolute Gasteiger partial charge is 0.501 e. The van der Waals surface area contributed by atoms with Crippen molar-refractivity contribution in [1.82, 2.24) is 24.8 Å². The van der Waals surface area contributed by atoms with Crippen molar-refractivity contribution in [1.29, 1.82) is 0 Å². The van der Waals surface area contributed by atoms with Gasteiger partial charge in [-0.15, -0.1) is 5.10 Å². The standard InChI is InChI=1S/C51H84F3N5O15S/c1-14-39-50(10,65)43(61)33(6)58(12)27-29(2)25-48(8,64)45(31(4)42(32(5)46(63)72-39)73-40-26-49(9,68-13)44(62)34(7)71-40)74-47-41(60)38(24-30(3)70-47)57(11)22-20-35-28-59(56-55-35)21-15-23-69-36-16-18-37(19-17-36)75(66,67)51(52,53)54/h16-19,28-34,38-45,47,60-62,64-65H,14-15,20-27H2,1-13H3/t29-,30-,31+,32-,33-,34+,38+,39-,40+,41-,42+,43-,44+,45-,47+,48-,49-,50-/m1/s1. The maximum atomic E-state index is 14.5. The molecular formula is C51H84F3N5O15S. The number of carbonyl (C=O) groups is 1. The van der Waals surface area contributed by atoms with Crippen molar-refractivity contribution in [3.8, 4) is 5.75 Å². The molecule has 0 aliphatic carbocycles. The van der Waals surface area contributed by atoms with Crippen molar-refractivity contribution in [2.75, 3.05) is 40.9 Å². The number of halogens is 3. The Hall–Kier alpha value is -3.11. The summed E-state index contributed by atoms with van der Waals surface area (Å²) in [5.74, 6) is -2.74. The Morgan fingerprint density at radius 3 is 2.23 bits per heavy atom. The number of hydrogen-bond donors (Lipinski definition) is 5. The van der Waals surface area contributed by atoms with Crippen molar-refractivity contribution in [3.63, 3.8) is 0 Å². The highest BCUT2D eigenvalue weighted by atomic mass is 32.2. The lowest BCUT2D eigenvalue weighted by molar-refractivity contribution is -0.318. The van der Waals surface area contributed by atoms with Gasteiger partial charge in [-0.3, -0.25) is 9.48 Å². The minimum absolute atomic E-state index is 0.0677. The molecule has 4 heterocycles. The number of aliphatic hydroxyl groups excluding tert-OH is 3. The summed E-state index contributed by atoms with van der Waals surface area (Å²) < 4.78 is 107. The van der Waals surface area contributed by atoms with Gasteiger partial charge in [0.2, 0.25) is 0 Å². The zero-order chi connectivity index (χ0) is 56.2. The number of ether oxygens (including phenoxy) is 7. The number of cyclic esters (lactones) is 1. The summed E-state index contributed by atoms with van der Waals surface area (Å²) in [7, 11) is -0.316. The van der Waals surface area contributed by atoms with Crippen molar-refractivity contribution in [2.45, 2.75) is 215 Å². The van der Waals surface area contributed by atoms with Crippen LogP contribution < -0.4 is 4.74 Å². The van der Waals surface area contributed by atoms with Gasteiger partial charge in [-0.25, -0.2) is 8.42 Å². The number of aryl methyl sites for hydroxylation is 1. The lowest BCUT2D eigenvalue weighted by Crippen LogP contribution is -2.61. The summed E-state index contributed by atoms with van der Waals surface area (Å²) in [5.41, 5.74) is -9.38. The molecule has 1 aromatic heterocycles. The van der Waals surface area contributed by atoms with E-state index in [1.807, 2.05) is 37.7 Å². The van der Waals surface area contributed by atoms with Crippen LogP contribution in [0.5, 0.6) is 5.75 Å². The number of nitrogens with zero attached hydrogens (tertiary/aromatic N) is 5. The lowest BCUT2D eigenvalue weighted by atomic mass is 9.77. The summed E-state index contributed by atoms with van der Waals surface area (Å²) in [4.78, 5) is 17.5. The number of benzene rings is 1. The van der Waals surface area contributed by atoms with Gasteiger partial charge < -0.3 is 68.5 Å². The van der Waals surface area contributed by atoms with Crippen LogP contribution in [-0.4, -0.2) is 201 Å². The Morgan fingerprint density at radius 2 is 1.61 bits per heavy atom. The Labute approximate surface area is 440 Å². The van der Waals surface area contributed by atoms with Gasteiger partial charge in [-0.05, 0) is 112 Å². The van der Waals surface area contributed by atoms with Crippen LogP contribution in [0, 0.1) is 17.8 Å². The number of sulfone groups is 1. The third-order valence-corrected chi connectivity index (χ3v) is 17.2. The number of carbonyl (C=O) groups excluding carboxylic acids is 1. The van der Waals surface area contributed by atoms with Crippen molar-refractivity contribution in [3.05, 3.63) is 36.2 Å². The fourth-order valence-corrected chi connectivity index (χ4v) is 11.7. The molecule has 75 heavy (non-hydrogen) atoms. The average Bonchev–Trinajstić information content (AvgIpc) is 3.80. The summed E-state index contributed by atoms with van der Waals surface area (Å²) in [6, 6.07) is 2.92. The zero-order valence-electron chi connectivity index (χ0n) is 45.7. The quantitative estimate of drug-likeness (QED) is 0.118. The van der Waals surface area contributed by atoms with Crippen molar-refractivity contribution < 1.29 is 85.1 Å². The molecule has 3 aliphatic rings. The second kappa shape index (κ2) is 25.3. The van der Waals surface area contributed by atoms with Crippen LogP contribution in [0.2, 0.25) is 0 Å². The molecule has 5 N–H and O–H groups in total. The van der Waals surface area contributed by atoms with E-state index in [0.717, 1.165) is 24.3 Å². The third kappa shape index (κ3) is 15.0. The van der Waals surface area contributed by atoms with Gasteiger partial charge in [0.25, 0.3) is 9.84 Å². The lowest BCUT2D eigenvalue weighted by Gasteiger charge is -2.49. The number of aromatic nitrogens is 3. The Balaban J connectivity index is 1.35. The van der Waals surface area contributed by atoms with Crippen LogP contribution >= 0.6 is 0 Å².